The maximum atomic E-state index is 13.2. The summed E-state index contributed by atoms with van der Waals surface area (Å²) in [7, 11) is -4.40. The van der Waals surface area contributed by atoms with Gasteiger partial charge in [-0.2, -0.15) is 0 Å². The fourth-order valence-electron chi connectivity index (χ4n) is 3.81. The Morgan fingerprint density at radius 2 is 1.74 bits per heavy atom. The zero-order valence-corrected chi connectivity index (χ0v) is 20.7. The summed E-state index contributed by atoms with van der Waals surface area (Å²) < 4.78 is 76.1. The molecule has 1 fully saturated rings. The molecule has 0 bridgehead atoms. The molecule has 11 nitrogen and oxygen atoms in total. The molecule has 202 valence electrons. The molecule has 1 aliphatic rings. The van der Waals surface area contributed by atoms with Crippen LogP contribution in [0.2, 0.25) is 0 Å². The number of piperazine rings is 1. The third-order valence-electron chi connectivity index (χ3n) is 5.78. The number of ether oxygens (including phenoxy) is 1. The summed E-state index contributed by atoms with van der Waals surface area (Å²) in [5.41, 5.74) is 5.66. The van der Waals surface area contributed by atoms with E-state index in [1.54, 1.807) is 13.0 Å². The third-order valence-corrected chi connectivity index (χ3v) is 7.20. The summed E-state index contributed by atoms with van der Waals surface area (Å²) in [6, 6.07) is 7.21. The van der Waals surface area contributed by atoms with E-state index in [-0.39, 0.29) is 53.9 Å². The predicted octanol–water partition coefficient (Wildman–Crippen LogP) is 2.86. The van der Waals surface area contributed by atoms with Crippen LogP contribution in [0.1, 0.15) is 26.4 Å². The average Bonchev–Trinajstić information content (AvgIpc) is 3.40. The molecule has 2 heterocycles. The Hall–Kier alpha value is -4.27. The lowest BCUT2D eigenvalue weighted by Gasteiger charge is -2.34. The highest BCUT2D eigenvalue weighted by molar-refractivity contribution is 7.92. The van der Waals surface area contributed by atoms with Crippen LogP contribution < -0.4 is 15.2 Å². The summed E-state index contributed by atoms with van der Waals surface area (Å²) in [6.45, 7) is 2.13. The van der Waals surface area contributed by atoms with Gasteiger partial charge in [-0.3, -0.25) is 14.3 Å². The van der Waals surface area contributed by atoms with Crippen molar-refractivity contribution in [3.8, 4) is 5.75 Å². The number of carbonyl (C=O) groups excluding carboxylic acids is 2. The SMILES string of the molecule is Cc1cccc(S(=O)(=O)Nc2ccc(C(=O)N3CCN(C(=O)c4cocn4)CC3)cc2OC(F)(F)F)c1N. The maximum Gasteiger partial charge on any atom is 0.573 e. The van der Waals surface area contributed by atoms with Gasteiger partial charge in [-0.15, -0.1) is 13.2 Å². The number of nitrogen functional groups attached to an aromatic ring is 1. The number of oxazole rings is 1. The summed E-state index contributed by atoms with van der Waals surface area (Å²) in [4.78, 5) is 31.7. The summed E-state index contributed by atoms with van der Waals surface area (Å²) in [6.07, 6.45) is -2.85. The zero-order chi connectivity index (χ0) is 27.7. The molecule has 0 aliphatic carbocycles. The lowest BCUT2D eigenvalue weighted by Crippen LogP contribution is -2.50. The number of aromatic nitrogens is 1. The third kappa shape index (κ3) is 5.82. The zero-order valence-electron chi connectivity index (χ0n) is 19.9. The second-order valence-corrected chi connectivity index (χ2v) is 9.96. The van der Waals surface area contributed by atoms with E-state index in [4.69, 9.17) is 10.2 Å². The Kier molecular flexibility index (Phi) is 7.22. The van der Waals surface area contributed by atoms with Gasteiger partial charge in [0.25, 0.3) is 21.8 Å². The fraction of sp³-hybridized carbons (Fsp3) is 0.261. The number of sulfonamides is 1. The van der Waals surface area contributed by atoms with Gasteiger partial charge < -0.3 is 24.7 Å². The van der Waals surface area contributed by atoms with Gasteiger partial charge in [0.1, 0.15) is 11.2 Å². The van der Waals surface area contributed by atoms with E-state index in [1.165, 1.54) is 34.3 Å². The van der Waals surface area contributed by atoms with Crippen molar-refractivity contribution in [3.05, 3.63) is 65.9 Å². The lowest BCUT2D eigenvalue weighted by atomic mass is 10.1. The number of nitrogens with one attached hydrogen (secondary N) is 1. The molecule has 0 unspecified atom stereocenters. The lowest BCUT2D eigenvalue weighted by molar-refractivity contribution is -0.274. The molecule has 1 aliphatic heterocycles. The minimum atomic E-state index is -5.17. The smallest absolute Gasteiger partial charge is 0.451 e. The average molecular weight is 554 g/mol. The van der Waals surface area contributed by atoms with Crippen molar-refractivity contribution >= 4 is 33.2 Å². The van der Waals surface area contributed by atoms with Crippen LogP contribution in [0.15, 0.2) is 58.4 Å². The van der Waals surface area contributed by atoms with Crippen LogP contribution in [0.5, 0.6) is 5.75 Å². The molecule has 0 spiro atoms. The summed E-state index contributed by atoms with van der Waals surface area (Å²) in [5, 5.41) is 0. The first kappa shape index (κ1) is 26.8. The molecule has 1 aromatic heterocycles. The number of benzene rings is 2. The number of anilines is 2. The van der Waals surface area contributed by atoms with Crippen LogP contribution in [-0.4, -0.2) is 67.6 Å². The van der Waals surface area contributed by atoms with E-state index in [0.717, 1.165) is 18.5 Å². The highest BCUT2D eigenvalue weighted by Crippen LogP contribution is 2.34. The Bertz CT molecular complexity index is 1450. The van der Waals surface area contributed by atoms with Crippen molar-refractivity contribution in [2.45, 2.75) is 18.2 Å². The van der Waals surface area contributed by atoms with Crippen molar-refractivity contribution in [1.29, 1.82) is 0 Å². The van der Waals surface area contributed by atoms with E-state index in [9.17, 15) is 31.2 Å². The molecule has 1 saturated heterocycles. The number of rotatable bonds is 6. The number of hydrogen-bond acceptors (Lipinski definition) is 8. The second-order valence-electron chi connectivity index (χ2n) is 8.31. The summed E-state index contributed by atoms with van der Waals surface area (Å²) in [5.74, 6) is -1.92. The highest BCUT2D eigenvalue weighted by atomic mass is 32.2. The van der Waals surface area contributed by atoms with Crippen molar-refractivity contribution in [1.82, 2.24) is 14.8 Å². The van der Waals surface area contributed by atoms with Crippen molar-refractivity contribution < 1.29 is 40.3 Å². The summed E-state index contributed by atoms with van der Waals surface area (Å²) >= 11 is 0. The molecule has 0 radical (unpaired) electrons. The van der Waals surface area contributed by atoms with Gasteiger partial charge in [-0.05, 0) is 36.8 Å². The van der Waals surface area contributed by atoms with Gasteiger partial charge in [0, 0.05) is 31.7 Å². The van der Waals surface area contributed by atoms with E-state index in [2.05, 4.69) is 14.4 Å². The molecule has 0 atom stereocenters. The van der Waals surface area contributed by atoms with Crippen LogP contribution in [-0.2, 0) is 10.0 Å². The quantitative estimate of drug-likeness (QED) is 0.443. The highest BCUT2D eigenvalue weighted by Gasteiger charge is 2.34. The van der Waals surface area contributed by atoms with Crippen molar-refractivity contribution in [2.24, 2.45) is 0 Å². The second kappa shape index (κ2) is 10.2. The number of amides is 2. The molecule has 0 saturated carbocycles. The first-order chi connectivity index (χ1) is 17.9. The van der Waals surface area contributed by atoms with Gasteiger partial charge >= 0.3 is 6.36 Å². The number of halogens is 3. The standard InChI is InChI=1S/C23H22F3N5O6S/c1-14-3-2-4-19(20(14)27)38(34,35)29-16-6-5-15(11-18(16)37-23(24,25)26)21(32)30-7-9-31(10-8-30)22(33)17-12-36-13-28-17/h2-6,11-13,29H,7-10,27H2,1H3. The van der Waals surface area contributed by atoms with Crippen molar-refractivity contribution in [3.63, 3.8) is 0 Å². The van der Waals surface area contributed by atoms with Crippen LogP contribution in [0, 0.1) is 6.92 Å². The predicted molar refractivity (Wildman–Crippen MR) is 128 cm³/mol. The van der Waals surface area contributed by atoms with E-state index >= 15 is 0 Å². The number of alkyl halides is 3. The first-order valence-electron chi connectivity index (χ1n) is 11.1. The number of nitrogens with two attached hydrogens (primary N) is 1. The van der Waals surface area contributed by atoms with Crippen LogP contribution in [0.25, 0.3) is 0 Å². The Balaban J connectivity index is 1.54. The Morgan fingerprint density at radius 1 is 1.08 bits per heavy atom. The molecule has 15 heteroatoms. The van der Waals surface area contributed by atoms with Gasteiger partial charge in [0.05, 0.1) is 11.4 Å². The molecular weight excluding hydrogens is 531 g/mol. The first-order valence-corrected chi connectivity index (χ1v) is 12.6. The molecule has 4 rings (SSSR count). The molecule has 3 aromatic rings. The van der Waals surface area contributed by atoms with E-state index < -0.39 is 33.7 Å². The van der Waals surface area contributed by atoms with Gasteiger partial charge in [-0.1, -0.05) is 12.1 Å². The van der Waals surface area contributed by atoms with Gasteiger partial charge in [0.2, 0.25) is 0 Å². The molecule has 3 N–H and O–H groups in total. The largest absolute Gasteiger partial charge is 0.573 e. The molecule has 2 aromatic carbocycles. The van der Waals surface area contributed by atoms with Crippen LogP contribution >= 0.6 is 0 Å². The molecular formula is C23H22F3N5O6S. The maximum absolute atomic E-state index is 13.2. The van der Waals surface area contributed by atoms with Gasteiger partial charge in [-0.25, -0.2) is 13.4 Å². The van der Waals surface area contributed by atoms with Crippen LogP contribution in [0.4, 0.5) is 24.5 Å². The molecule has 38 heavy (non-hydrogen) atoms. The van der Waals surface area contributed by atoms with Crippen molar-refractivity contribution in [2.75, 3.05) is 36.6 Å². The van der Waals surface area contributed by atoms with Crippen LogP contribution in [0.3, 0.4) is 0 Å². The van der Waals surface area contributed by atoms with E-state index in [0.29, 0.717) is 5.56 Å². The van der Waals surface area contributed by atoms with E-state index in [1.807, 2.05) is 0 Å². The topological polar surface area (TPSA) is 148 Å². The number of carbonyl (C=O) groups is 2. The number of para-hydroxylation sites is 1. The fourth-order valence-corrected chi connectivity index (χ4v) is 5.09. The minimum absolute atomic E-state index is 0.0636. The normalized spacial score (nSPS) is 14.3. The number of aryl methyl sites for hydroxylation is 1. The Morgan fingerprint density at radius 3 is 2.34 bits per heavy atom. The monoisotopic (exact) mass is 553 g/mol. The Labute approximate surface area is 215 Å². The minimum Gasteiger partial charge on any atom is -0.451 e. The van der Waals surface area contributed by atoms with Gasteiger partial charge in [0.15, 0.2) is 17.8 Å². The molecule has 2 amide bonds. The number of hydrogen-bond donors (Lipinski definition) is 2. The number of nitrogens with zero attached hydrogens (tertiary/aromatic N) is 3.